The third kappa shape index (κ3) is 6.64. The molecule has 0 fully saturated rings. The van der Waals surface area contributed by atoms with Gasteiger partial charge in [0, 0.05) is 11.1 Å². The van der Waals surface area contributed by atoms with Crippen molar-refractivity contribution in [3.63, 3.8) is 0 Å². The Balaban J connectivity index is 1.25. The molecule has 1 aliphatic heterocycles. The Morgan fingerprint density at radius 1 is 0.941 bits per heavy atom. The molecule has 1 unspecified atom stereocenters. The number of ether oxygens (including phenoxy) is 3. The van der Waals surface area contributed by atoms with Gasteiger partial charge in [-0.2, -0.15) is 0 Å². The number of hydrogen-bond donors (Lipinski definition) is 1. The number of hydrogen-bond acceptors (Lipinski definition) is 11. The van der Waals surface area contributed by atoms with Crippen LogP contribution in [0.4, 0.5) is 5.13 Å². The second kappa shape index (κ2) is 14.5. The van der Waals surface area contributed by atoms with Crippen LogP contribution in [0.5, 0.6) is 17.2 Å². The van der Waals surface area contributed by atoms with Gasteiger partial charge in [-0.25, -0.2) is 0 Å². The molecule has 0 spiro atoms. The van der Waals surface area contributed by atoms with Crippen molar-refractivity contribution in [2.75, 3.05) is 25.7 Å². The third-order valence-corrected chi connectivity index (χ3v) is 10.8. The summed E-state index contributed by atoms with van der Waals surface area (Å²) in [6, 6.07) is 25.4. The molecule has 1 aliphatic rings. The number of amides is 1. The van der Waals surface area contributed by atoms with Gasteiger partial charge < -0.3 is 23.7 Å². The van der Waals surface area contributed by atoms with Crippen LogP contribution in [0, 0.1) is 5.92 Å². The van der Waals surface area contributed by atoms with Crippen molar-refractivity contribution in [3.05, 3.63) is 113 Å². The van der Waals surface area contributed by atoms with Crippen molar-refractivity contribution >= 4 is 61.7 Å². The van der Waals surface area contributed by atoms with Crippen molar-refractivity contribution in [1.82, 2.24) is 10.2 Å². The smallest absolute Gasteiger partial charge is 0.296 e. The van der Waals surface area contributed by atoms with Crippen LogP contribution in [-0.4, -0.2) is 47.8 Å². The summed E-state index contributed by atoms with van der Waals surface area (Å²) < 4.78 is 23.8. The van der Waals surface area contributed by atoms with Gasteiger partial charge >= 0.3 is 0 Å². The highest BCUT2D eigenvalue weighted by Crippen LogP contribution is 2.46. The average molecular weight is 722 g/mol. The van der Waals surface area contributed by atoms with E-state index in [4.69, 9.17) is 18.6 Å². The number of methoxy groups -OCH3 is 2. The Labute approximate surface area is 302 Å². The van der Waals surface area contributed by atoms with E-state index in [-0.39, 0.29) is 16.5 Å². The van der Waals surface area contributed by atoms with Gasteiger partial charge in [0.05, 0.1) is 32.4 Å². The second-order valence-corrected chi connectivity index (χ2v) is 14.6. The minimum atomic E-state index is -1.08. The number of ketones is 1. The first-order valence-corrected chi connectivity index (χ1v) is 18.2. The van der Waals surface area contributed by atoms with Crippen LogP contribution < -0.4 is 19.1 Å². The number of fused-ring (bicyclic) bond motifs is 2. The Morgan fingerprint density at radius 3 is 2.51 bits per heavy atom. The molecule has 2 aromatic heterocycles. The number of carbonyl (C=O) groups is 2. The van der Waals surface area contributed by atoms with Gasteiger partial charge in [0.15, 0.2) is 38.7 Å². The zero-order valence-corrected chi connectivity index (χ0v) is 30.0. The lowest BCUT2D eigenvalue weighted by Crippen LogP contribution is -2.31. The highest BCUT2D eigenvalue weighted by atomic mass is 32.2. The lowest BCUT2D eigenvalue weighted by molar-refractivity contribution is -0.117. The Kier molecular flexibility index (Phi) is 9.70. The molecular formula is C39H35N3O7S2. The molecule has 51 heavy (non-hydrogen) atoms. The lowest BCUT2D eigenvalue weighted by Gasteiger charge is -2.24. The largest absolute Gasteiger partial charge is 0.503 e. The molecule has 3 heterocycles. The van der Waals surface area contributed by atoms with E-state index in [1.807, 2.05) is 18.2 Å². The van der Waals surface area contributed by atoms with E-state index in [0.717, 1.165) is 22.8 Å². The predicted molar refractivity (Wildman–Crippen MR) is 198 cm³/mol. The van der Waals surface area contributed by atoms with Crippen LogP contribution in [0.2, 0.25) is 0 Å². The maximum atomic E-state index is 14.3. The summed E-state index contributed by atoms with van der Waals surface area (Å²) in [5.41, 5.74) is 1.86. The molecule has 12 heteroatoms. The number of furan rings is 1. The summed E-state index contributed by atoms with van der Waals surface area (Å²) >= 11 is 2.70. The van der Waals surface area contributed by atoms with E-state index >= 15 is 0 Å². The van der Waals surface area contributed by atoms with E-state index in [1.165, 1.54) is 42.2 Å². The number of benzene rings is 4. The van der Waals surface area contributed by atoms with Gasteiger partial charge in [-0.15, -0.1) is 10.2 Å². The summed E-state index contributed by atoms with van der Waals surface area (Å²) in [5, 5.41) is 23.4. The van der Waals surface area contributed by atoms with E-state index in [2.05, 4.69) is 48.3 Å². The topological polar surface area (TPSA) is 124 Å². The number of aliphatic hydroxyl groups excluding tert-OH is 1. The number of thioether (sulfide) groups is 1. The molecule has 0 saturated heterocycles. The van der Waals surface area contributed by atoms with Crippen molar-refractivity contribution in [2.45, 2.75) is 36.4 Å². The zero-order chi connectivity index (χ0) is 35.6. The molecule has 1 N–H and O–H groups in total. The minimum absolute atomic E-state index is 0.0556. The number of anilines is 1. The fourth-order valence-electron chi connectivity index (χ4n) is 6.09. The number of rotatable bonds is 13. The molecule has 0 saturated carbocycles. The number of nitrogens with zero attached hydrogens (tertiary/aromatic N) is 3. The molecule has 6 aromatic rings. The maximum absolute atomic E-state index is 14.3. The fourth-order valence-corrected chi connectivity index (χ4v) is 7.96. The molecule has 10 nitrogen and oxygen atoms in total. The molecule has 0 aliphatic carbocycles. The fraction of sp³-hybridized carbons (Fsp3) is 0.231. The van der Waals surface area contributed by atoms with E-state index in [9.17, 15) is 14.7 Å². The van der Waals surface area contributed by atoms with Crippen LogP contribution in [-0.2, 0) is 10.5 Å². The van der Waals surface area contributed by atoms with Gasteiger partial charge in [-0.05, 0) is 58.5 Å². The molecule has 1 amide bonds. The summed E-state index contributed by atoms with van der Waals surface area (Å²) in [6.45, 7) is 4.73. The van der Waals surface area contributed by atoms with E-state index in [0.29, 0.717) is 56.4 Å². The minimum Gasteiger partial charge on any atom is -0.503 e. The summed E-state index contributed by atoms with van der Waals surface area (Å²) in [6.07, 6.45) is 0.852. The van der Waals surface area contributed by atoms with Gasteiger partial charge in [0.1, 0.15) is 0 Å². The van der Waals surface area contributed by atoms with Crippen LogP contribution in [0.1, 0.15) is 48.0 Å². The molecule has 7 rings (SSSR count). The Bertz CT molecular complexity index is 2290. The molecule has 0 radical (unpaired) electrons. The highest BCUT2D eigenvalue weighted by molar-refractivity contribution is 8.00. The Morgan fingerprint density at radius 2 is 1.71 bits per heavy atom. The maximum Gasteiger partial charge on any atom is 0.296 e. The molecule has 4 aromatic carbocycles. The van der Waals surface area contributed by atoms with Crippen LogP contribution in [0.25, 0.3) is 21.7 Å². The quantitative estimate of drug-likeness (QED) is 0.0702. The third-order valence-electron chi connectivity index (χ3n) is 8.69. The van der Waals surface area contributed by atoms with Crippen molar-refractivity contribution < 1.29 is 33.3 Å². The van der Waals surface area contributed by atoms with Gasteiger partial charge in [-0.3, -0.25) is 14.5 Å². The van der Waals surface area contributed by atoms with E-state index < -0.39 is 23.5 Å². The SMILES string of the molecule is COc1cc(C2C(C(=O)c3cc4cccc(OC)c4o3)=C(O)C(=O)N2c2nnc(SCc3cccc4ccccc34)s2)ccc1OCCC(C)C. The number of carbonyl (C=O) groups excluding carboxylic acids is 2. The first kappa shape index (κ1) is 34.1. The number of para-hydroxylation sites is 1. The van der Waals surface area contributed by atoms with Crippen LogP contribution in [0.15, 0.2) is 105 Å². The molecule has 260 valence electrons. The molecule has 1 atom stereocenters. The van der Waals surface area contributed by atoms with Gasteiger partial charge in [0.2, 0.25) is 10.9 Å². The summed E-state index contributed by atoms with van der Waals surface area (Å²) in [5.74, 6) is 0.277. The number of aromatic nitrogens is 2. The normalized spacial score (nSPS) is 14.6. The zero-order valence-electron chi connectivity index (χ0n) is 28.4. The standard InChI is InChI=1S/C39H35N3O7S2/c1-22(2)17-18-48-28-16-15-24(19-30(28)47-4)33-32(34(43)31-20-25-11-8-14-29(46-3)36(25)49-31)35(44)37(45)42(33)38-40-41-39(51-38)50-21-26-12-7-10-23-9-5-6-13-27(23)26/h5-16,19-20,22,33,44H,17-18,21H2,1-4H3. The van der Waals surface area contributed by atoms with Crippen molar-refractivity contribution in [3.8, 4) is 17.2 Å². The number of aliphatic hydroxyl groups is 1. The van der Waals surface area contributed by atoms with Crippen LogP contribution >= 0.6 is 23.1 Å². The Hall–Kier alpha value is -5.33. The second-order valence-electron chi connectivity index (χ2n) is 12.4. The summed E-state index contributed by atoms with van der Waals surface area (Å²) in [7, 11) is 3.04. The van der Waals surface area contributed by atoms with Gasteiger partial charge in [0.25, 0.3) is 5.91 Å². The molecule has 0 bridgehead atoms. The van der Waals surface area contributed by atoms with Crippen LogP contribution in [0.3, 0.4) is 0 Å². The number of Topliss-reactive ketones (excluding diaryl/α,β-unsaturated/α-hetero) is 1. The molecular weight excluding hydrogens is 687 g/mol. The van der Waals surface area contributed by atoms with Crippen molar-refractivity contribution in [2.24, 2.45) is 5.92 Å². The predicted octanol–water partition coefficient (Wildman–Crippen LogP) is 8.95. The first-order chi connectivity index (χ1) is 24.8. The van der Waals surface area contributed by atoms with E-state index in [1.54, 1.807) is 42.5 Å². The average Bonchev–Trinajstić information content (AvgIpc) is 3.86. The monoisotopic (exact) mass is 721 g/mol. The van der Waals surface area contributed by atoms with Gasteiger partial charge in [-0.1, -0.05) is 97.6 Å². The summed E-state index contributed by atoms with van der Waals surface area (Å²) in [4.78, 5) is 29.6. The highest BCUT2D eigenvalue weighted by Gasteiger charge is 2.47. The first-order valence-electron chi connectivity index (χ1n) is 16.4. The van der Waals surface area contributed by atoms with Crippen molar-refractivity contribution in [1.29, 1.82) is 0 Å². The lowest BCUT2D eigenvalue weighted by atomic mass is 9.95.